The zero-order valence-corrected chi connectivity index (χ0v) is 31.5. The second-order valence-electron chi connectivity index (χ2n) is 13.6. The Kier molecular flexibility index (Phi) is 11.1. The molecule has 3 fully saturated rings. The SMILES string of the molecule is COc1ccc(C(OC[C@H]2O[C@@H](n3ccc(NC(=O)c4ccccc4)nc3=O)C[C@@H]2OP2OC[C@H]3CCCN32)(c2ccccc2)c2ccc(OC)cc2)cc1. The number of hydrogen-bond donors (Lipinski definition) is 1. The first-order chi connectivity index (χ1) is 26.9. The summed E-state index contributed by atoms with van der Waals surface area (Å²) in [6, 6.07) is 36.5. The van der Waals surface area contributed by atoms with Gasteiger partial charge < -0.3 is 33.3 Å². The van der Waals surface area contributed by atoms with Crippen molar-refractivity contribution in [1.82, 2.24) is 14.2 Å². The third kappa shape index (κ3) is 7.66. The standard InChI is InChI=1S/C42H43N4O8P/c1-49-34-19-15-31(16-20-34)42(30-12-7-4-8-13-30,32-17-21-35(50-2)22-18-32)51-28-37-36(54-55-46-24-9-14-33(46)27-52-55)26-39(53-37)45-25-23-38(44-41(45)48)43-40(47)29-10-5-3-6-11-29/h3-8,10-13,15-23,25,33,36-37,39H,9,14,24,26-28H2,1-2H3,(H,43,44,47,48)/t33-,36+,37-,39-,55?/m1/s1. The van der Waals surface area contributed by atoms with Gasteiger partial charge in [-0.15, -0.1) is 0 Å². The molecule has 0 bridgehead atoms. The van der Waals surface area contributed by atoms with Gasteiger partial charge in [-0.1, -0.05) is 72.8 Å². The summed E-state index contributed by atoms with van der Waals surface area (Å²) in [7, 11) is 1.96. The Balaban J connectivity index is 1.12. The molecule has 3 aliphatic heterocycles. The quantitative estimate of drug-likeness (QED) is 0.100. The van der Waals surface area contributed by atoms with Crippen LogP contribution in [0.1, 0.15) is 52.5 Å². The van der Waals surface area contributed by atoms with Crippen LogP contribution in [0.25, 0.3) is 0 Å². The largest absolute Gasteiger partial charge is 0.497 e. The highest BCUT2D eigenvalue weighted by atomic mass is 31.2. The Morgan fingerprint density at radius 1 is 0.873 bits per heavy atom. The van der Waals surface area contributed by atoms with Crippen molar-refractivity contribution in [2.24, 2.45) is 0 Å². The maximum atomic E-state index is 13.5. The van der Waals surface area contributed by atoms with Gasteiger partial charge in [0.1, 0.15) is 35.2 Å². The molecule has 0 aliphatic carbocycles. The van der Waals surface area contributed by atoms with Crippen LogP contribution in [-0.2, 0) is 24.1 Å². The Labute approximate surface area is 320 Å². The number of amides is 1. The molecule has 4 aromatic carbocycles. The number of anilines is 1. The first-order valence-corrected chi connectivity index (χ1v) is 19.5. The zero-order chi connectivity index (χ0) is 37.8. The molecule has 0 radical (unpaired) electrons. The van der Waals surface area contributed by atoms with Crippen LogP contribution >= 0.6 is 8.53 Å². The Morgan fingerprint density at radius 2 is 1.51 bits per heavy atom. The van der Waals surface area contributed by atoms with E-state index >= 15 is 0 Å². The van der Waals surface area contributed by atoms with Crippen molar-refractivity contribution in [3.8, 4) is 11.5 Å². The third-order valence-electron chi connectivity index (χ3n) is 10.4. The summed E-state index contributed by atoms with van der Waals surface area (Å²) in [6.07, 6.45) is 2.35. The Bertz CT molecular complexity index is 2070. The molecule has 3 aliphatic rings. The molecule has 8 rings (SSSR count). The Morgan fingerprint density at radius 3 is 2.15 bits per heavy atom. The number of nitrogens with one attached hydrogen (secondary N) is 1. The normalized spacial score (nSPS) is 22.3. The lowest BCUT2D eigenvalue weighted by Crippen LogP contribution is -2.38. The number of carbonyl (C=O) groups excluding carboxylic acids is 1. The fourth-order valence-corrected chi connectivity index (χ4v) is 9.37. The lowest BCUT2D eigenvalue weighted by atomic mass is 9.80. The van der Waals surface area contributed by atoms with Crippen LogP contribution in [-0.4, -0.2) is 72.4 Å². The van der Waals surface area contributed by atoms with E-state index in [9.17, 15) is 9.59 Å². The van der Waals surface area contributed by atoms with Crippen LogP contribution in [0.2, 0.25) is 0 Å². The van der Waals surface area contributed by atoms with Gasteiger partial charge >= 0.3 is 5.69 Å². The lowest BCUT2D eigenvalue weighted by Gasteiger charge is -2.37. The van der Waals surface area contributed by atoms with Crippen LogP contribution in [0.3, 0.4) is 0 Å². The van der Waals surface area contributed by atoms with Crippen LogP contribution in [0.4, 0.5) is 5.82 Å². The van der Waals surface area contributed by atoms with Crippen LogP contribution in [0, 0.1) is 0 Å². The fourth-order valence-electron chi connectivity index (χ4n) is 7.53. The van der Waals surface area contributed by atoms with E-state index in [-0.39, 0.29) is 18.3 Å². The highest BCUT2D eigenvalue weighted by Crippen LogP contribution is 2.55. The van der Waals surface area contributed by atoms with Gasteiger partial charge in [-0.3, -0.25) is 9.36 Å². The molecule has 1 unspecified atom stereocenters. The molecule has 1 aromatic heterocycles. The number of aromatic nitrogens is 2. The molecule has 55 heavy (non-hydrogen) atoms. The van der Waals surface area contributed by atoms with Crippen molar-refractivity contribution in [3.05, 3.63) is 154 Å². The molecule has 13 heteroatoms. The molecule has 5 aromatic rings. The highest BCUT2D eigenvalue weighted by Gasteiger charge is 2.47. The van der Waals surface area contributed by atoms with Crippen LogP contribution in [0.5, 0.6) is 11.5 Å². The average molecular weight is 763 g/mol. The fraction of sp³-hybridized carbons (Fsp3) is 0.310. The molecule has 12 nitrogen and oxygen atoms in total. The predicted molar refractivity (Wildman–Crippen MR) is 207 cm³/mol. The van der Waals surface area contributed by atoms with Crippen molar-refractivity contribution in [2.75, 3.05) is 39.3 Å². The highest BCUT2D eigenvalue weighted by molar-refractivity contribution is 7.44. The van der Waals surface area contributed by atoms with E-state index in [0.29, 0.717) is 24.6 Å². The molecule has 284 valence electrons. The van der Waals surface area contributed by atoms with Crippen molar-refractivity contribution < 1.29 is 32.8 Å². The lowest BCUT2D eigenvalue weighted by molar-refractivity contribution is -0.0919. The van der Waals surface area contributed by atoms with Gasteiger partial charge in [0, 0.05) is 30.8 Å². The summed E-state index contributed by atoms with van der Waals surface area (Å²) in [5.74, 6) is 1.23. The molecular formula is C42H43N4O8P. The van der Waals surface area contributed by atoms with Gasteiger partial charge in [-0.05, 0) is 72.0 Å². The second kappa shape index (κ2) is 16.4. The molecule has 1 N–H and O–H groups in total. The van der Waals surface area contributed by atoms with Gasteiger partial charge in [-0.2, -0.15) is 4.98 Å². The van der Waals surface area contributed by atoms with Crippen LogP contribution in [0.15, 0.2) is 126 Å². The van der Waals surface area contributed by atoms with E-state index in [1.165, 1.54) is 4.57 Å². The van der Waals surface area contributed by atoms with Gasteiger partial charge in [0.2, 0.25) is 0 Å². The number of hydrogen-bond acceptors (Lipinski definition) is 10. The predicted octanol–water partition coefficient (Wildman–Crippen LogP) is 6.92. The zero-order valence-electron chi connectivity index (χ0n) is 30.7. The van der Waals surface area contributed by atoms with E-state index < -0.39 is 38.3 Å². The number of carbonyl (C=O) groups is 1. The van der Waals surface area contributed by atoms with Gasteiger partial charge in [0.05, 0.1) is 33.5 Å². The Hall–Kier alpha value is -4.94. The van der Waals surface area contributed by atoms with Gasteiger partial charge in [-0.25, -0.2) is 9.46 Å². The minimum atomic E-state index is -1.32. The summed E-state index contributed by atoms with van der Waals surface area (Å²) in [4.78, 5) is 30.5. The molecule has 5 atom stereocenters. The summed E-state index contributed by atoms with van der Waals surface area (Å²) in [6.45, 7) is 1.66. The van der Waals surface area contributed by atoms with Crippen molar-refractivity contribution in [1.29, 1.82) is 0 Å². The molecular weight excluding hydrogens is 719 g/mol. The average Bonchev–Trinajstić information content (AvgIpc) is 3.97. The van der Waals surface area contributed by atoms with Crippen molar-refractivity contribution >= 4 is 20.3 Å². The smallest absolute Gasteiger partial charge is 0.351 e. The summed E-state index contributed by atoms with van der Waals surface area (Å²) < 4.78 is 41.8. The first kappa shape index (κ1) is 37.0. The molecule has 0 saturated carbocycles. The van der Waals surface area contributed by atoms with Crippen molar-refractivity contribution in [3.63, 3.8) is 0 Å². The minimum absolute atomic E-state index is 0.105. The van der Waals surface area contributed by atoms with E-state index in [4.69, 9.17) is 28.0 Å². The number of rotatable bonds is 13. The maximum absolute atomic E-state index is 13.5. The molecule has 1 amide bonds. The maximum Gasteiger partial charge on any atom is 0.351 e. The van der Waals surface area contributed by atoms with Crippen molar-refractivity contribution in [2.45, 2.75) is 49.3 Å². The summed E-state index contributed by atoms with van der Waals surface area (Å²) in [5, 5.41) is 2.72. The second-order valence-corrected chi connectivity index (χ2v) is 15.1. The van der Waals surface area contributed by atoms with Gasteiger partial charge in [0.25, 0.3) is 14.4 Å². The molecule has 3 saturated heterocycles. The van der Waals surface area contributed by atoms with E-state index in [1.54, 1.807) is 50.7 Å². The third-order valence-corrected chi connectivity index (χ3v) is 12.2. The summed E-state index contributed by atoms with van der Waals surface area (Å²) in [5.41, 5.74) is 1.49. The number of benzene rings is 4. The number of ether oxygens (including phenoxy) is 4. The summed E-state index contributed by atoms with van der Waals surface area (Å²) >= 11 is 0. The van der Waals surface area contributed by atoms with E-state index in [0.717, 1.165) is 47.6 Å². The van der Waals surface area contributed by atoms with Gasteiger partial charge in [0.15, 0.2) is 0 Å². The topological polar surface area (TPSA) is 123 Å². The van der Waals surface area contributed by atoms with E-state index in [1.807, 2.05) is 84.9 Å². The van der Waals surface area contributed by atoms with E-state index in [2.05, 4.69) is 15.0 Å². The number of nitrogens with zero attached hydrogens (tertiary/aromatic N) is 3. The molecule has 0 spiro atoms. The van der Waals surface area contributed by atoms with Crippen LogP contribution < -0.4 is 20.5 Å². The number of fused-ring (bicyclic) bond motifs is 1. The first-order valence-electron chi connectivity index (χ1n) is 18.4. The number of methoxy groups -OCH3 is 2. The molecule has 4 heterocycles. The monoisotopic (exact) mass is 762 g/mol. The minimum Gasteiger partial charge on any atom is -0.497 e.